The zero-order chi connectivity index (χ0) is 24.9. The number of unbranched alkanes of at least 4 members (excludes halogenated alkanes) is 2. The summed E-state index contributed by atoms with van der Waals surface area (Å²) >= 11 is 0. The highest BCUT2D eigenvalue weighted by Gasteiger charge is 2.81. The summed E-state index contributed by atoms with van der Waals surface area (Å²) in [6, 6.07) is 4.97. The van der Waals surface area contributed by atoms with Crippen LogP contribution in [0, 0.1) is 17.3 Å². The van der Waals surface area contributed by atoms with E-state index in [0.29, 0.717) is 6.04 Å². The molecule has 198 valence electrons. The second-order valence-electron chi connectivity index (χ2n) is 13.4. The molecule has 2 heterocycles. The van der Waals surface area contributed by atoms with Crippen molar-refractivity contribution >= 4 is 0 Å². The lowest BCUT2D eigenvalue weighted by atomic mass is 9.33. The van der Waals surface area contributed by atoms with Gasteiger partial charge < -0.3 is 19.3 Å². The molecule has 8 rings (SSSR count). The first-order valence-electron chi connectivity index (χ1n) is 14.8. The minimum atomic E-state index is -0.766. The van der Waals surface area contributed by atoms with Crippen molar-refractivity contribution in [2.45, 2.75) is 113 Å². The summed E-state index contributed by atoms with van der Waals surface area (Å²) in [5.74, 6) is 2.80. The van der Waals surface area contributed by atoms with Gasteiger partial charge in [-0.25, -0.2) is 0 Å². The maximum atomic E-state index is 12.2. The number of benzene rings is 1. The Hall–Kier alpha value is -1.30. The topological polar surface area (TPSA) is 51.2 Å². The zero-order valence-corrected chi connectivity index (χ0v) is 22.8. The van der Waals surface area contributed by atoms with E-state index in [0.717, 1.165) is 62.5 Å². The van der Waals surface area contributed by atoms with Gasteiger partial charge in [0.1, 0.15) is 11.7 Å². The molecular weight excluding hydrogens is 450 g/mol. The molecule has 0 unspecified atom stereocenters. The van der Waals surface area contributed by atoms with E-state index in [1.165, 1.54) is 49.8 Å². The highest BCUT2D eigenvalue weighted by molar-refractivity contribution is 5.63. The second-order valence-corrected chi connectivity index (χ2v) is 13.4. The van der Waals surface area contributed by atoms with Crippen LogP contribution < -0.4 is 9.47 Å². The van der Waals surface area contributed by atoms with Crippen molar-refractivity contribution in [2.24, 2.45) is 17.3 Å². The van der Waals surface area contributed by atoms with E-state index < -0.39 is 11.2 Å². The molecule has 36 heavy (non-hydrogen) atoms. The van der Waals surface area contributed by atoms with Crippen LogP contribution in [0.15, 0.2) is 12.1 Å². The molecule has 5 fully saturated rings. The van der Waals surface area contributed by atoms with Gasteiger partial charge in [-0.2, -0.15) is 0 Å². The molecule has 0 radical (unpaired) electrons. The van der Waals surface area contributed by atoms with E-state index in [2.05, 4.69) is 30.9 Å². The maximum absolute atomic E-state index is 12.2. The number of nitrogens with zero attached hydrogens (tertiary/aromatic N) is 1. The van der Waals surface area contributed by atoms with E-state index in [9.17, 15) is 5.11 Å². The number of methoxy groups -OCH3 is 2. The van der Waals surface area contributed by atoms with Crippen molar-refractivity contribution in [3.63, 3.8) is 0 Å². The fourth-order valence-corrected chi connectivity index (χ4v) is 10.2. The predicted octanol–water partition coefficient (Wildman–Crippen LogP) is 5.25. The molecule has 1 N–H and O–H groups in total. The molecule has 2 aliphatic heterocycles. The third-order valence-electron chi connectivity index (χ3n) is 11.9. The molecule has 0 aromatic heterocycles. The summed E-state index contributed by atoms with van der Waals surface area (Å²) in [6.07, 6.45) is 12.4. The lowest BCUT2D eigenvalue weighted by Gasteiger charge is -2.75. The molecule has 7 atom stereocenters. The number of hydrogen-bond donors (Lipinski definition) is 1. The first-order valence-corrected chi connectivity index (χ1v) is 14.8. The minimum absolute atomic E-state index is 0.0422. The van der Waals surface area contributed by atoms with Crippen molar-refractivity contribution in [2.75, 3.05) is 27.3 Å². The van der Waals surface area contributed by atoms with Gasteiger partial charge >= 0.3 is 0 Å². The van der Waals surface area contributed by atoms with E-state index in [1.807, 2.05) is 7.11 Å². The Morgan fingerprint density at radius 3 is 2.72 bits per heavy atom. The first kappa shape index (κ1) is 23.8. The Bertz CT molecular complexity index is 1050. The van der Waals surface area contributed by atoms with Crippen LogP contribution in [0.25, 0.3) is 0 Å². The Labute approximate surface area is 216 Å². The lowest BCUT2D eigenvalue weighted by molar-refractivity contribution is -0.303. The molecule has 4 saturated carbocycles. The standard InChI is InChI=1S/C31H45NO4/c1-5-6-7-12-28(2,33)23-18-29-13-14-31(23,35-4)27-30(29)15-16-32(19-20-8-9-20)24(29)17-21-10-11-22(34-3)26(36-27)25(21)30/h10-11,20,23-24,27,33H,5-9,12-19H2,1-4H3/t23-,24-,27-,28+,29-,30+,31-/m1/s1. The summed E-state index contributed by atoms with van der Waals surface area (Å²) in [7, 11) is 3.65. The molecule has 5 heteroatoms. The van der Waals surface area contributed by atoms with E-state index in [-0.39, 0.29) is 22.9 Å². The Morgan fingerprint density at radius 2 is 2.00 bits per heavy atom. The van der Waals surface area contributed by atoms with Crippen LogP contribution >= 0.6 is 0 Å². The molecule has 1 aromatic rings. The molecule has 5 nitrogen and oxygen atoms in total. The van der Waals surface area contributed by atoms with Crippen LogP contribution in [0.1, 0.15) is 89.2 Å². The summed E-state index contributed by atoms with van der Waals surface area (Å²) in [5, 5.41) is 12.2. The van der Waals surface area contributed by atoms with Gasteiger partial charge in [-0.05, 0) is 82.4 Å². The fraction of sp³-hybridized carbons (Fsp3) is 0.806. The average Bonchev–Trinajstić information content (AvgIpc) is 3.62. The quantitative estimate of drug-likeness (QED) is 0.474. The molecule has 7 aliphatic rings. The van der Waals surface area contributed by atoms with Crippen LogP contribution in [0.3, 0.4) is 0 Å². The number of piperidine rings is 1. The van der Waals surface area contributed by atoms with Crippen LogP contribution in [0.5, 0.6) is 11.5 Å². The Kier molecular flexibility index (Phi) is 5.20. The van der Waals surface area contributed by atoms with Crippen LogP contribution in [0.2, 0.25) is 0 Å². The van der Waals surface area contributed by atoms with Crippen molar-refractivity contribution in [1.82, 2.24) is 4.90 Å². The maximum Gasteiger partial charge on any atom is 0.165 e. The number of ether oxygens (including phenoxy) is 3. The number of aliphatic hydroxyl groups is 1. The zero-order valence-electron chi connectivity index (χ0n) is 22.8. The number of rotatable bonds is 9. The number of likely N-dealkylation sites (tertiary alicyclic amines) is 1. The van der Waals surface area contributed by atoms with Gasteiger partial charge in [-0.1, -0.05) is 32.3 Å². The molecule has 5 aliphatic carbocycles. The van der Waals surface area contributed by atoms with Gasteiger partial charge in [-0.3, -0.25) is 4.90 Å². The molecule has 2 spiro atoms. The number of hydrogen-bond acceptors (Lipinski definition) is 5. The summed E-state index contributed by atoms with van der Waals surface area (Å²) in [6.45, 7) is 6.74. The summed E-state index contributed by atoms with van der Waals surface area (Å²) < 4.78 is 19.7. The highest BCUT2D eigenvalue weighted by Crippen LogP contribution is 2.77. The lowest BCUT2D eigenvalue weighted by Crippen LogP contribution is -2.82. The third kappa shape index (κ3) is 2.78. The fourth-order valence-electron chi connectivity index (χ4n) is 10.2. The van der Waals surface area contributed by atoms with E-state index in [4.69, 9.17) is 14.2 Å². The van der Waals surface area contributed by atoms with Crippen molar-refractivity contribution in [1.29, 1.82) is 0 Å². The Balaban J connectivity index is 1.40. The molecular formula is C31H45NO4. The molecule has 0 amide bonds. The van der Waals surface area contributed by atoms with E-state index in [1.54, 1.807) is 7.11 Å². The normalized spacial score (nSPS) is 41.5. The third-order valence-corrected chi connectivity index (χ3v) is 11.9. The highest BCUT2D eigenvalue weighted by atomic mass is 16.6. The Morgan fingerprint density at radius 1 is 1.17 bits per heavy atom. The first-order chi connectivity index (χ1) is 17.4. The average molecular weight is 496 g/mol. The smallest absolute Gasteiger partial charge is 0.165 e. The SMILES string of the molecule is CCCCC[C@](C)(O)[C@H]1C[C@@]23CC[C@]1(OC)[C@@H]1Oc4c(OC)ccc5c4[C@@]12CCN(CC1CC1)[C@@H]3C5. The van der Waals surface area contributed by atoms with Crippen molar-refractivity contribution in [3.8, 4) is 11.5 Å². The monoisotopic (exact) mass is 495 g/mol. The largest absolute Gasteiger partial charge is 0.493 e. The summed E-state index contributed by atoms with van der Waals surface area (Å²) in [5.41, 5.74) is 1.75. The van der Waals surface area contributed by atoms with Crippen LogP contribution in [-0.2, 0) is 16.6 Å². The van der Waals surface area contributed by atoms with Crippen LogP contribution in [-0.4, -0.2) is 60.7 Å². The van der Waals surface area contributed by atoms with Crippen molar-refractivity contribution in [3.05, 3.63) is 23.3 Å². The minimum Gasteiger partial charge on any atom is -0.493 e. The van der Waals surface area contributed by atoms with Gasteiger partial charge in [0, 0.05) is 42.0 Å². The second kappa shape index (κ2) is 7.86. The molecule has 4 bridgehead atoms. The number of fused-ring (bicyclic) bond motifs is 2. The molecule has 1 saturated heterocycles. The van der Waals surface area contributed by atoms with Gasteiger partial charge in [0.2, 0.25) is 0 Å². The van der Waals surface area contributed by atoms with Gasteiger partial charge in [0.05, 0.1) is 12.7 Å². The van der Waals surface area contributed by atoms with Gasteiger partial charge in [0.15, 0.2) is 11.5 Å². The van der Waals surface area contributed by atoms with E-state index >= 15 is 0 Å². The van der Waals surface area contributed by atoms with Crippen molar-refractivity contribution < 1.29 is 19.3 Å². The predicted molar refractivity (Wildman–Crippen MR) is 140 cm³/mol. The summed E-state index contributed by atoms with van der Waals surface area (Å²) in [4.78, 5) is 2.87. The van der Waals surface area contributed by atoms with Gasteiger partial charge in [-0.15, -0.1) is 0 Å². The van der Waals surface area contributed by atoms with Crippen LogP contribution in [0.4, 0.5) is 0 Å². The van der Waals surface area contributed by atoms with Gasteiger partial charge in [0.25, 0.3) is 0 Å². The molecule has 1 aromatic carbocycles.